The van der Waals surface area contributed by atoms with E-state index in [0.717, 1.165) is 25.5 Å². The van der Waals surface area contributed by atoms with Crippen LogP contribution in [0.5, 0.6) is 0 Å². The third-order valence-corrected chi connectivity index (χ3v) is 2.26. The van der Waals surface area contributed by atoms with Crippen LogP contribution in [0.3, 0.4) is 0 Å². The predicted octanol–water partition coefficient (Wildman–Crippen LogP) is 2.06. The second kappa shape index (κ2) is 3.56. The number of carbonyl (C=O) groups is 1. The molecule has 0 bridgehead atoms. The second-order valence-electron chi connectivity index (χ2n) is 3.17. The van der Waals surface area contributed by atoms with E-state index in [1.54, 1.807) is 6.08 Å². The highest BCUT2D eigenvalue weighted by Gasteiger charge is 2.19. The van der Waals surface area contributed by atoms with Crippen LogP contribution in [-0.4, -0.2) is 11.4 Å². The van der Waals surface area contributed by atoms with Crippen LogP contribution in [0, 0.1) is 11.8 Å². The third kappa shape index (κ3) is 2.07. The Labute approximate surface area is 66.9 Å². The van der Waals surface area contributed by atoms with Crippen LogP contribution in [0.2, 0.25) is 0 Å². The molecule has 0 saturated heterocycles. The number of aliphatic hydroxyl groups is 1. The lowest BCUT2D eigenvalue weighted by molar-refractivity contribution is -0.110. The number of rotatable bonds is 2. The minimum absolute atomic E-state index is 0.0475. The normalized spacial score (nSPS) is 31.2. The van der Waals surface area contributed by atoms with E-state index in [4.69, 9.17) is 0 Å². The van der Waals surface area contributed by atoms with Crippen molar-refractivity contribution in [3.8, 4) is 0 Å². The van der Waals surface area contributed by atoms with Crippen molar-refractivity contribution in [1.82, 2.24) is 0 Å². The van der Waals surface area contributed by atoms with Crippen molar-refractivity contribution in [2.45, 2.75) is 26.2 Å². The number of hydrogen-bond donors (Lipinski definition) is 1. The van der Waals surface area contributed by atoms with Gasteiger partial charge in [0.05, 0.1) is 5.76 Å². The van der Waals surface area contributed by atoms with Gasteiger partial charge in [0.2, 0.25) is 0 Å². The molecule has 0 radical (unpaired) electrons. The van der Waals surface area contributed by atoms with Crippen LogP contribution in [0.1, 0.15) is 26.2 Å². The van der Waals surface area contributed by atoms with Crippen molar-refractivity contribution in [1.29, 1.82) is 0 Å². The molecule has 2 atom stereocenters. The lowest BCUT2D eigenvalue weighted by atomic mass is 9.85. The molecule has 1 rings (SSSR count). The molecule has 0 fully saturated rings. The summed E-state index contributed by atoms with van der Waals surface area (Å²) in [6.07, 6.45) is 5.28. The SMILES string of the molecule is CCC1CC(O)=CC(C=O)C1. The Hall–Kier alpha value is -0.790. The maximum Gasteiger partial charge on any atom is 0.126 e. The predicted molar refractivity (Wildman–Crippen MR) is 43.3 cm³/mol. The first-order valence-electron chi connectivity index (χ1n) is 4.11. The Balaban J connectivity index is 2.60. The van der Waals surface area contributed by atoms with Crippen molar-refractivity contribution in [3.05, 3.63) is 11.8 Å². The average Bonchev–Trinajstić information content (AvgIpc) is 2.03. The van der Waals surface area contributed by atoms with Gasteiger partial charge in [0.25, 0.3) is 0 Å². The summed E-state index contributed by atoms with van der Waals surface area (Å²) < 4.78 is 0. The fourth-order valence-electron chi connectivity index (χ4n) is 1.55. The third-order valence-electron chi connectivity index (χ3n) is 2.26. The minimum Gasteiger partial charge on any atom is -0.513 e. The summed E-state index contributed by atoms with van der Waals surface area (Å²) in [4.78, 5) is 10.4. The van der Waals surface area contributed by atoms with Crippen molar-refractivity contribution in [3.63, 3.8) is 0 Å². The molecule has 2 nitrogen and oxygen atoms in total. The molecule has 2 heteroatoms. The molecule has 1 aliphatic carbocycles. The van der Waals surface area contributed by atoms with Gasteiger partial charge in [-0.3, -0.25) is 0 Å². The van der Waals surface area contributed by atoms with Crippen molar-refractivity contribution >= 4 is 6.29 Å². The first-order valence-corrected chi connectivity index (χ1v) is 4.11. The summed E-state index contributed by atoms with van der Waals surface area (Å²) in [5.74, 6) is 0.837. The van der Waals surface area contributed by atoms with Gasteiger partial charge < -0.3 is 9.90 Å². The molecule has 1 N–H and O–H groups in total. The van der Waals surface area contributed by atoms with Crippen LogP contribution in [0.25, 0.3) is 0 Å². The fourth-order valence-corrected chi connectivity index (χ4v) is 1.55. The number of hydrogen-bond acceptors (Lipinski definition) is 2. The fraction of sp³-hybridized carbons (Fsp3) is 0.667. The molecule has 2 unspecified atom stereocenters. The van der Waals surface area contributed by atoms with Crippen LogP contribution in [-0.2, 0) is 4.79 Å². The molecular weight excluding hydrogens is 140 g/mol. The standard InChI is InChI=1S/C9H14O2/c1-2-7-3-8(6-10)5-9(11)4-7/h5-8,11H,2-4H2,1H3. The quantitative estimate of drug-likeness (QED) is 0.618. The van der Waals surface area contributed by atoms with Gasteiger partial charge in [0, 0.05) is 12.3 Å². The monoisotopic (exact) mass is 154 g/mol. The van der Waals surface area contributed by atoms with E-state index in [0.29, 0.717) is 11.7 Å². The minimum atomic E-state index is -0.0475. The highest BCUT2D eigenvalue weighted by Crippen LogP contribution is 2.27. The molecule has 0 aromatic carbocycles. The first kappa shape index (κ1) is 8.31. The van der Waals surface area contributed by atoms with E-state index in [9.17, 15) is 9.90 Å². The molecule has 62 valence electrons. The maximum atomic E-state index is 10.4. The second-order valence-corrected chi connectivity index (χ2v) is 3.17. The molecule has 1 aliphatic rings. The van der Waals surface area contributed by atoms with Crippen molar-refractivity contribution in [2.24, 2.45) is 11.8 Å². The summed E-state index contributed by atoms with van der Waals surface area (Å²) >= 11 is 0. The van der Waals surface area contributed by atoms with Crippen LogP contribution < -0.4 is 0 Å². The molecule has 0 spiro atoms. The van der Waals surface area contributed by atoms with Crippen molar-refractivity contribution in [2.75, 3.05) is 0 Å². The molecular formula is C9H14O2. The number of allylic oxidation sites excluding steroid dienone is 2. The van der Waals surface area contributed by atoms with Crippen LogP contribution in [0.4, 0.5) is 0 Å². The number of aliphatic hydroxyl groups excluding tert-OH is 1. The highest BCUT2D eigenvalue weighted by molar-refractivity contribution is 5.57. The Morgan fingerprint density at radius 1 is 1.82 bits per heavy atom. The van der Waals surface area contributed by atoms with Gasteiger partial charge in [-0.15, -0.1) is 0 Å². The largest absolute Gasteiger partial charge is 0.513 e. The molecule has 0 amide bonds. The van der Waals surface area contributed by atoms with E-state index in [1.165, 1.54) is 0 Å². The van der Waals surface area contributed by atoms with E-state index in [1.807, 2.05) is 0 Å². The van der Waals surface area contributed by atoms with E-state index < -0.39 is 0 Å². The van der Waals surface area contributed by atoms with Gasteiger partial charge in [-0.1, -0.05) is 13.3 Å². The zero-order valence-electron chi connectivity index (χ0n) is 6.79. The molecule has 0 aliphatic heterocycles. The van der Waals surface area contributed by atoms with Gasteiger partial charge in [0.15, 0.2) is 0 Å². The number of aldehydes is 1. The number of carbonyl (C=O) groups excluding carboxylic acids is 1. The highest BCUT2D eigenvalue weighted by atomic mass is 16.3. The molecule has 0 aromatic rings. The first-order chi connectivity index (χ1) is 5.26. The lowest BCUT2D eigenvalue weighted by Crippen LogP contribution is -2.14. The zero-order valence-corrected chi connectivity index (χ0v) is 6.79. The molecule has 0 saturated carbocycles. The Morgan fingerprint density at radius 3 is 3.09 bits per heavy atom. The summed E-state index contributed by atoms with van der Waals surface area (Å²) in [6, 6.07) is 0. The van der Waals surface area contributed by atoms with Crippen LogP contribution >= 0.6 is 0 Å². The van der Waals surface area contributed by atoms with E-state index >= 15 is 0 Å². The molecule has 0 aromatic heterocycles. The van der Waals surface area contributed by atoms with Gasteiger partial charge in [-0.05, 0) is 18.4 Å². The van der Waals surface area contributed by atoms with Gasteiger partial charge in [-0.2, -0.15) is 0 Å². The summed E-state index contributed by atoms with van der Waals surface area (Å²) in [5, 5.41) is 9.21. The van der Waals surface area contributed by atoms with Gasteiger partial charge in [0.1, 0.15) is 6.29 Å². The van der Waals surface area contributed by atoms with Crippen LogP contribution in [0.15, 0.2) is 11.8 Å². The van der Waals surface area contributed by atoms with Crippen molar-refractivity contribution < 1.29 is 9.90 Å². The average molecular weight is 154 g/mol. The molecule has 0 heterocycles. The zero-order chi connectivity index (χ0) is 8.27. The smallest absolute Gasteiger partial charge is 0.126 e. The van der Waals surface area contributed by atoms with E-state index in [2.05, 4.69) is 6.92 Å². The maximum absolute atomic E-state index is 10.4. The Bertz CT molecular complexity index is 172. The lowest BCUT2D eigenvalue weighted by Gasteiger charge is -2.21. The summed E-state index contributed by atoms with van der Waals surface area (Å²) in [6.45, 7) is 2.09. The summed E-state index contributed by atoms with van der Waals surface area (Å²) in [5.41, 5.74) is 0. The Morgan fingerprint density at radius 2 is 2.55 bits per heavy atom. The Kier molecular flexibility index (Phi) is 2.69. The van der Waals surface area contributed by atoms with E-state index in [-0.39, 0.29) is 5.92 Å². The van der Waals surface area contributed by atoms with Gasteiger partial charge >= 0.3 is 0 Å². The topological polar surface area (TPSA) is 37.3 Å². The van der Waals surface area contributed by atoms with Gasteiger partial charge in [-0.25, -0.2) is 0 Å². The summed E-state index contributed by atoms with van der Waals surface area (Å²) in [7, 11) is 0. The molecule has 11 heavy (non-hydrogen) atoms.